The summed E-state index contributed by atoms with van der Waals surface area (Å²) in [6.45, 7) is 4.30. The molecule has 214 valence electrons. The fraction of sp³-hybridized carbons (Fsp3) is 0.676. The Bertz CT molecular complexity index is 1030. The number of aryl methyl sites for hydroxylation is 1. The predicted octanol–water partition coefficient (Wildman–Crippen LogP) is 11.6. The summed E-state index contributed by atoms with van der Waals surface area (Å²) in [5, 5.41) is 0. The van der Waals surface area contributed by atoms with E-state index < -0.39 is 0 Å². The molecule has 0 heterocycles. The zero-order valence-corrected chi connectivity index (χ0v) is 24.7. The molecule has 3 fully saturated rings. The number of unbranched alkanes of at least 4 members (excludes halogenated alkanes) is 2. The second-order valence-corrected chi connectivity index (χ2v) is 13.4. The maximum Gasteiger partial charge on any atom is 0.126 e. The fourth-order valence-electron chi connectivity index (χ4n) is 8.53. The number of rotatable bonds is 9. The minimum absolute atomic E-state index is 0.0119. The first-order chi connectivity index (χ1) is 19.1. The second-order valence-electron chi connectivity index (χ2n) is 13.4. The van der Waals surface area contributed by atoms with Gasteiger partial charge in [0.2, 0.25) is 0 Å². The molecule has 2 heteroatoms. The lowest BCUT2D eigenvalue weighted by Gasteiger charge is -2.38. The Morgan fingerprint density at radius 3 is 1.69 bits per heavy atom. The van der Waals surface area contributed by atoms with Crippen LogP contribution in [0.4, 0.5) is 8.78 Å². The molecule has 3 aliphatic rings. The van der Waals surface area contributed by atoms with Gasteiger partial charge in [-0.25, -0.2) is 8.78 Å². The molecule has 0 saturated heterocycles. The molecule has 0 unspecified atom stereocenters. The number of hydrogen-bond acceptors (Lipinski definition) is 0. The highest BCUT2D eigenvalue weighted by atomic mass is 19.1. The number of benzene rings is 2. The van der Waals surface area contributed by atoms with Crippen molar-refractivity contribution in [2.75, 3.05) is 0 Å². The van der Waals surface area contributed by atoms with Gasteiger partial charge in [0, 0.05) is 0 Å². The van der Waals surface area contributed by atoms with E-state index in [9.17, 15) is 4.39 Å². The van der Waals surface area contributed by atoms with Gasteiger partial charge in [0.1, 0.15) is 11.6 Å². The van der Waals surface area contributed by atoms with Crippen LogP contribution in [0.3, 0.4) is 0 Å². The van der Waals surface area contributed by atoms with E-state index in [1.807, 2.05) is 19.1 Å². The summed E-state index contributed by atoms with van der Waals surface area (Å²) in [6.07, 6.45) is 21.4. The Balaban J connectivity index is 1.09. The molecule has 0 bridgehead atoms. The zero-order chi connectivity index (χ0) is 27.2. The Hall–Kier alpha value is -1.70. The third-order valence-corrected chi connectivity index (χ3v) is 11.1. The van der Waals surface area contributed by atoms with Crippen LogP contribution in [0.15, 0.2) is 36.4 Å². The molecular formula is C37H52F2. The molecule has 0 spiro atoms. The van der Waals surface area contributed by atoms with Crippen LogP contribution < -0.4 is 0 Å². The molecule has 0 radical (unpaired) electrons. The molecule has 39 heavy (non-hydrogen) atoms. The van der Waals surface area contributed by atoms with Gasteiger partial charge in [0.25, 0.3) is 0 Å². The van der Waals surface area contributed by atoms with Gasteiger partial charge in [-0.1, -0.05) is 76.6 Å². The first-order valence-electron chi connectivity index (χ1n) is 16.6. The lowest BCUT2D eigenvalue weighted by atomic mass is 9.68. The van der Waals surface area contributed by atoms with Crippen molar-refractivity contribution < 1.29 is 8.78 Å². The van der Waals surface area contributed by atoms with Crippen molar-refractivity contribution in [3.05, 3.63) is 70.3 Å². The van der Waals surface area contributed by atoms with Gasteiger partial charge < -0.3 is 0 Å². The summed E-state index contributed by atoms with van der Waals surface area (Å²) in [4.78, 5) is 0. The largest absolute Gasteiger partial charge is 0.207 e. The third-order valence-electron chi connectivity index (χ3n) is 11.1. The van der Waals surface area contributed by atoms with Gasteiger partial charge in [-0.15, -0.1) is 0 Å². The van der Waals surface area contributed by atoms with E-state index in [0.29, 0.717) is 17.8 Å². The summed E-state index contributed by atoms with van der Waals surface area (Å²) in [5.41, 5.74) is 4.06. The van der Waals surface area contributed by atoms with E-state index in [-0.39, 0.29) is 11.6 Å². The maximum absolute atomic E-state index is 15.4. The van der Waals surface area contributed by atoms with Crippen molar-refractivity contribution in [2.45, 2.75) is 141 Å². The van der Waals surface area contributed by atoms with Crippen molar-refractivity contribution in [2.24, 2.45) is 17.8 Å². The van der Waals surface area contributed by atoms with Gasteiger partial charge >= 0.3 is 0 Å². The van der Waals surface area contributed by atoms with E-state index >= 15 is 4.39 Å². The highest BCUT2D eigenvalue weighted by Gasteiger charge is 2.32. The molecule has 0 aromatic heterocycles. The van der Waals surface area contributed by atoms with Gasteiger partial charge in [-0.05, 0) is 141 Å². The Kier molecular flexibility index (Phi) is 10.2. The van der Waals surface area contributed by atoms with Crippen molar-refractivity contribution in [1.29, 1.82) is 0 Å². The zero-order valence-electron chi connectivity index (χ0n) is 24.7. The Morgan fingerprint density at radius 1 is 0.590 bits per heavy atom. The van der Waals surface area contributed by atoms with Gasteiger partial charge in [0.15, 0.2) is 0 Å². The van der Waals surface area contributed by atoms with Crippen LogP contribution in [0.25, 0.3) is 0 Å². The molecule has 3 saturated carbocycles. The SMILES string of the molecule is CCCCCC1CCC(C2CCC(c3ccc(C4CCC(c5ccc(CC)c(F)c5)CC4)c(F)c3)CC2)CC1. The third kappa shape index (κ3) is 7.15. The molecule has 3 aliphatic carbocycles. The van der Waals surface area contributed by atoms with Gasteiger partial charge in [-0.3, -0.25) is 0 Å². The monoisotopic (exact) mass is 534 g/mol. The van der Waals surface area contributed by atoms with E-state index in [1.54, 1.807) is 6.07 Å². The van der Waals surface area contributed by atoms with Crippen LogP contribution in [0.1, 0.15) is 157 Å². The molecule has 0 nitrogen and oxygen atoms in total. The standard InChI is InChI=1S/C37H52F2/c1-3-5-6-7-26-8-10-28(11-9-26)29-13-15-30(16-14-29)34-22-23-35(37(39)25-34)32-19-17-31(18-20-32)33-21-12-27(4-2)36(38)24-33/h12,21-26,28-32H,3-11,13-20H2,1-2H3. The highest BCUT2D eigenvalue weighted by Crippen LogP contribution is 2.46. The molecule has 0 aliphatic heterocycles. The Labute approximate surface area is 237 Å². The first kappa shape index (κ1) is 28.8. The minimum atomic E-state index is -0.0713. The fourth-order valence-corrected chi connectivity index (χ4v) is 8.53. The molecule has 0 N–H and O–H groups in total. The van der Waals surface area contributed by atoms with E-state index in [1.165, 1.54) is 82.6 Å². The summed E-state index contributed by atoms with van der Waals surface area (Å²) < 4.78 is 29.7. The molecule has 0 atom stereocenters. The number of halogens is 2. The van der Waals surface area contributed by atoms with Crippen molar-refractivity contribution in [1.82, 2.24) is 0 Å². The van der Waals surface area contributed by atoms with Crippen LogP contribution in [-0.4, -0.2) is 0 Å². The summed E-state index contributed by atoms with van der Waals surface area (Å²) >= 11 is 0. The van der Waals surface area contributed by atoms with E-state index in [0.717, 1.165) is 66.5 Å². The first-order valence-corrected chi connectivity index (χ1v) is 16.6. The van der Waals surface area contributed by atoms with E-state index in [2.05, 4.69) is 25.1 Å². The van der Waals surface area contributed by atoms with E-state index in [4.69, 9.17) is 0 Å². The van der Waals surface area contributed by atoms with Gasteiger partial charge in [0.05, 0.1) is 0 Å². The lowest BCUT2D eigenvalue weighted by molar-refractivity contribution is 0.155. The van der Waals surface area contributed by atoms with Crippen molar-refractivity contribution >= 4 is 0 Å². The smallest absolute Gasteiger partial charge is 0.126 e. The van der Waals surface area contributed by atoms with Crippen LogP contribution in [-0.2, 0) is 6.42 Å². The highest BCUT2D eigenvalue weighted by molar-refractivity contribution is 5.32. The molecule has 5 rings (SSSR count). The van der Waals surface area contributed by atoms with Crippen molar-refractivity contribution in [3.8, 4) is 0 Å². The quantitative estimate of drug-likeness (QED) is 0.281. The van der Waals surface area contributed by atoms with Crippen LogP contribution in [0.2, 0.25) is 0 Å². The predicted molar refractivity (Wildman–Crippen MR) is 160 cm³/mol. The van der Waals surface area contributed by atoms with Crippen LogP contribution >= 0.6 is 0 Å². The molecule has 2 aromatic carbocycles. The second kappa shape index (κ2) is 13.8. The Morgan fingerprint density at radius 2 is 1.13 bits per heavy atom. The topological polar surface area (TPSA) is 0 Å². The average Bonchev–Trinajstić information content (AvgIpc) is 2.98. The maximum atomic E-state index is 15.4. The summed E-state index contributed by atoms with van der Waals surface area (Å²) in [5.74, 6) is 4.02. The van der Waals surface area contributed by atoms with Crippen LogP contribution in [0.5, 0.6) is 0 Å². The van der Waals surface area contributed by atoms with Gasteiger partial charge in [-0.2, -0.15) is 0 Å². The summed E-state index contributed by atoms with van der Waals surface area (Å²) in [7, 11) is 0. The molecular weight excluding hydrogens is 482 g/mol. The molecule has 2 aromatic rings. The normalized spacial score (nSPS) is 29.8. The minimum Gasteiger partial charge on any atom is -0.207 e. The van der Waals surface area contributed by atoms with Crippen molar-refractivity contribution in [3.63, 3.8) is 0 Å². The number of hydrogen-bond donors (Lipinski definition) is 0. The average molecular weight is 535 g/mol. The van der Waals surface area contributed by atoms with Crippen LogP contribution in [0, 0.1) is 29.4 Å². The summed E-state index contributed by atoms with van der Waals surface area (Å²) in [6, 6.07) is 12.0. The lowest BCUT2D eigenvalue weighted by Crippen LogP contribution is -2.25. The molecule has 0 amide bonds.